The lowest BCUT2D eigenvalue weighted by molar-refractivity contribution is -0.00141. The van der Waals surface area contributed by atoms with Crippen LogP contribution >= 0.6 is 0 Å². The maximum atomic E-state index is 14.6. The van der Waals surface area contributed by atoms with Crippen molar-refractivity contribution in [1.29, 1.82) is 0 Å². The van der Waals surface area contributed by atoms with Crippen LogP contribution < -0.4 is 15.8 Å². The molecule has 1 aliphatic rings. The molecule has 1 saturated heterocycles. The van der Waals surface area contributed by atoms with Gasteiger partial charge in [-0.1, -0.05) is 0 Å². The van der Waals surface area contributed by atoms with E-state index in [9.17, 15) is 13.6 Å². The summed E-state index contributed by atoms with van der Waals surface area (Å²) < 4.78 is 42.8. The van der Waals surface area contributed by atoms with E-state index in [1.54, 1.807) is 0 Å². The number of rotatable bonds is 6. The van der Waals surface area contributed by atoms with Crippen molar-refractivity contribution in [2.24, 2.45) is 10.7 Å². The first-order valence-electron chi connectivity index (χ1n) is 9.09. The van der Waals surface area contributed by atoms with E-state index in [0.717, 1.165) is 0 Å². The first kappa shape index (κ1) is 21.4. The van der Waals surface area contributed by atoms with Crippen LogP contribution in [0.5, 0.6) is 5.88 Å². The second-order valence-corrected chi connectivity index (χ2v) is 6.38. The monoisotopic (exact) mass is 421 g/mol. The fraction of sp³-hybridized carbons (Fsp3) is 0.368. The van der Waals surface area contributed by atoms with Crippen LogP contribution in [0.25, 0.3) is 0 Å². The Morgan fingerprint density at radius 3 is 2.93 bits per heavy atom. The molecule has 3 N–H and O–H groups in total. The minimum absolute atomic E-state index is 0.0686. The van der Waals surface area contributed by atoms with Crippen molar-refractivity contribution >= 4 is 17.6 Å². The number of nitrogens with two attached hydrogens (primary N) is 1. The number of hydrogen-bond acceptors (Lipinski definition) is 7. The zero-order valence-corrected chi connectivity index (χ0v) is 16.2. The average Bonchev–Trinajstić information content (AvgIpc) is 2.76. The van der Waals surface area contributed by atoms with E-state index in [0.29, 0.717) is 18.7 Å². The smallest absolute Gasteiger partial charge is 0.284 e. The van der Waals surface area contributed by atoms with Gasteiger partial charge in [-0.05, 0) is 23.8 Å². The highest BCUT2D eigenvalue weighted by atomic mass is 19.1. The predicted molar refractivity (Wildman–Crippen MR) is 104 cm³/mol. The number of aliphatic imine (C=N–C) groups is 1. The highest BCUT2D eigenvalue weighted by Crippen LogP contribution is 2.32. The van der Waals surface area contributed by atoms with E-state index in [1.165, 1.54) is 37.7 Å². The average molecular weight is 421 g/mol. The van der Waals surface area contributed by atoms with E-state index < -0.39 is 30.5 Å². The first-order valence-corrected chi connectivity index (χ1v) is 9.09. The minimum atomic E-state index is -1.01. The van der Waals surface area contributed by atoms with Gasteiger partial charge in [-0.25, -0.2) is 23.7 Å². The maximum Gasteiger partial charge on any atom is 0.284 e. The molecule has 0 spiro atoms. The Morgan fingerprint density at radius 2 is 2.23 bits per heavy atom. The Bertz CT molecular complexity index is 910. The van der Waals surface area contributed by atoms with Gasteiger partial charge in [-0.2, -0.15) is 0 Å². The summed E-state index contributed by atoms with van der Waals surface area (Å²) in [7, 11) is 1.44. The molecule has 1 aliphatic heterocycles. The molecule has 1 fully saturated rings. The summed E-state index contributed by atoms with van der Waals surface area (Å²) in [6.07, 6.45) is 2.45. The molecule has 1 amide bonds. The Balaban J connectivity index is 1.79. The van der Waals surface area contributed by atoms with Gasteiger partial charge in [0.15, 0.2) is 6.80 Å². The second kappa shape index (κ2) is 9.92. The Morgan fingerprint density at radius 1 is 1.40 bits per heavy atom. The topological polar surface area (TPSA) is 121 Å². The number of nitrogens with one attached hydrogen (secondary N) is 1. The molecular formula is C19H21F2N5O4. The van der Waals surface area contributed by atoms with Crippen molar-refractivity contribution in [1.82, 2.24) is 9.97 Å². The Labute approximate surface area is 171 Å². The number of carbonyl (C=O) groups excluding carboxylic acids is 1. The Kier molecular flexibility index (Phi) is 7.07. The lowest BCUT2D eigenvalue weighted by Crippen LogP contribution is -2.36. The molecule has 2 atom stereocenters. The lowest BCUT2D eigenvalue weighted by atomic mass is 9.90. The normalized spacial score (nSPS) is 19.2. The molecule has 160 valence electrons. The van der Waals surface area contributed by atoms with Gasteiger partial charge in [0.25, 0.3) is 11.9 Å². The van der Waals surface area contributed by atoms with Crippen LogP contribution in [0.2, 0.25) is 0 Å². The van der Waals surface area contributed by atoms with E-state index >= 15 is 0 Å². The quantitative estimate of drug-likeness (QED) is 0.416. The third-order valence-electron chi connectivity index (χ3n) is 4.50. The number of ether oxygens (including phenoxy) is 3. The van der Waals surface area contributed by atoms with Crippen molar-refractivity contribution in [2.75, 3.05) is 32.4 Å². The van der Waals surface area contributed by atoms with Crippen molar-refractivity contribution in [3.63, 3.8) is 0 Å². The van der Waals surface area contributed by atoms with E-state index in [2.05, 4.69) is 20.3 Å². The number of benzene rings is 1. The number of halogens is 2. The van der Waals surface area contributed by atoms with Gasteiger partial charge < -0.3 is 25.3 Å². The van der Waals surface area contributed by atoms with Gasteiger partial charge in [-0.3, -0.25) is 4.79 Å². The summed E-state index contributed by atoms with van der Waals surface area (Å²) in [6.45, 7) is -0.450. The van der Waals surface area contributed by atoms with Crippen molar-refractivity contribution in [2.45, 2.75) is 18.4 Å². The number of alkyl halides is 1. The molecule has 11 heteroatoms. The van der Waals surface area contributed by atoms with Crippen LogP contribution in [0.4, 0.5) is 14.5 Å². The fourth-order valence-electron chi connectivity index (χ4n) is 3.04. The number of amides is 1. The molecule has 2 heterocycles. The molecular weight excluding hydrogens is 400 g/mol. The summed E-state index contributed by atoms with van der Waals surface area (Å²) >= 11 is 0. The number of methoxy groups -OCH3 is 1. The van der Waals surface area contributed by atoms with Gasteiger partial charge in [0.1, 0.15) is 17.6 Å². The second-order valence-electron chi connectivity index (χ2n) is 6.38. The third kappa shape index (κ3) is 5.17. The predicted octanol–water partition coefficient (Wildman–Crippen LogP) is 2.01. The van der Waals surface area contributed by atoms with Crippen molar-refractivity contribution in [3.05, 3.63) is 47.7 Å². The van der Waals surface area contributed by atoms with Crippen LogP contribution in [-0.4, -0.2) is 55.1 Å². The Hall–Kier alpha value is -3.34. The zero-order chi connectivity index (χ0) is 21.5. The standard InChI is InChI=1S/C19H21F2N5O4/c1-28-17-8-23-15(7-24-17)18(27)26-11-2-3-14(21)12(6-11)13-9-29-5-4-16(13)30-19(22)25-10-20/h2-3,6-8,13,16H,4-5,9-10H2,1H3,(H2,22,25)(H,26,27)/t13-,16-/m1/s1. The molecule has 0 radical (unpaired) electrons. The van der Waals surface area contributed by atoms with E-state index in [4.69, 9.17) is 19.9 Å². The molecule has 30 heavy (non-hydrogen) atoms. The van der Waals surface area contributed by atoms with E-state index in [1.807, 2.05) is 0 Å². The summed E-state index contributed by atoms with van der Waals surface area (Å²) in [5, 5.41) is 2.65. The van der Waals surface area contributed by atoms with Gasteiger partial charge in [0.05, 0.1) is 32.7 Å². The maximum absolute atomic E-state index is 14.6. The highest BCUT2D eigenvalue weighted by Gasteiger charge is 2.32. The van der Waals surface area contributed by atoms with Crippen LogP contribution in [0.15, 0.2) is 35.6 Å². The lowest BCUT2D eigenvalue weighted by Gasteiger charge is -2.32. The zero-order valence-electron chi connectivity index (χ0n) is 16.2. The summed E-state index contributed by atoms with van der Waals surface area (Å²) in [5.74, 6) is -1.27. The SMILES string of the molecule is COc1cnc(C(=O)Nc2ccc(F)c([C@H]3COCC[C@H]3O/C(N)=N\CF)c2)cn1. The first-order chi connectivity index (χ1) is 14.5. The molecule has 3 rings (SSSR count). The number of amidine groups is 1. The number of aromatic nitrogens is 2. The number of nitrogens with zero attached hydrogens (tertiary/aromatic N) is 3. The molecule has 0 bridgehead atoms. The van der Waals surface area contributed by atoms with Gasteiger partial charge in [0.2, 0.25) is 5.88 Å². The molecule has 0 unspecified atom stereocenters. The third-order valence-corrected chi connectivity index (χ3v) is 4.50. The van der Waals surface area contributed by atoms with Crippen LogP contribution in [-0.2, 0) is 9.47 Å². The molecule has 9 nitrogen and oxygen atoms in total. The van der Waals surface area contributed by atoms with Gasteiger partial charge in [0, 0.05) is 18.0 Å². The number of carbonyl (C=O) groups is 1. The molecule has 0 aliphatic carbocycles. The van der Waals surface area contributed by atoms with Gasteiger partial charge in [-0.15, -0.1) is 0 Å². The van der Waals surface area contributed by atoms with Crippen LogP contribution in [0.3, 0.4) is 0 Å². The van der Waals surface area contributed by atoms with E-state index in [-0.39, 0.29) is 29.8 Å². The van der Waals surface area contributed by atoms with Crippen LogP contribution in [0, 0.1) is 5.82 Å². The molecule has 1 aromatic heterocycles. The fourth-order valence-corrected chi connectivity index (χ4v) is 3.04. The summed E-state index contributed by atoms with van der Waals surface area (Å²) in [4.78, 5) is 23.7. The highest BCUT2D eigenvalue weighted by molar-refractivity contribution is 6.02. The summed E-state index contributed by atoms with van der Waals surface area (Å²) in [6, 6.07) is 3.83. The number of anilines is 1. The summed E-state index contributed by atoms with van der Waals surface area (Å²) in [5.41, 5.74) is 6.24. The minimum Gasteiger partial charge on any atom is -0.480 e. The molecule has 1 aromatic carbocycles. The van der Waals surface area contributed by atoms with Crippen LogP contribution in [0.1, 0.15) is 28.4 Å². The molecule has 0 saturated carbocycles. The largest absolute Gasteiger partial charge is 0.480 e. The van der Waals surface area contributed by atoms with Crippen molar-refractivity contribution < 1.29 is 27.8 Å². The number of hydrogen-bond donors (Lipinski definition) is 2. The van der Waals surface area contributed by atoms with Crippen molar-refractivity contribution in [3.8, 4) is 5.88 Å². The van der Waals surface area contributed by atoms with Gasteiger partial charge >= 0.3 is 0 Å². The molecule has 2 aromatic rings.